The number of rotatable bonds is 1. The minimum Gasteiger partial charge on any atom is -0.506 e. The Bertz CT molecular complexity index is 356. The fourth-order valence-electron chi connectivity index (χ4n) is 0.790. The summed E-state index contributed by atoms with van der Waals surface area (Å²) in [4.78, 5) is 10.4. The Morgan fingerprint density at radius 2 is 2.14 bits per heavy atom. The number of esters is 1. The van der Waals surface area contributed by atoms with Crippen LogP contribution >= 0.6 is 11.3 Å². The minimum absolute atomic E-state index is 0.445. The summed E-state index contributed by atoms with van der Waals surface area (Å²) in [5, 5.41) is 9.72. The maximum Gasteiger partial charge on any atom is 0.420 e. The lowest BCUT2D eigenvalue weighted by Crippen LogP contribution is -2.04. The molecule has 0 fully saturated rings. The van der Waals surface area contributed by atoms with E-state index in [2.05, 4.69) is 4.74 Å². The standard InChI is InChI=1S/C7H5F3O3S/c1-13-6(12)5-4(11)3(2-14-5)7(8,9)10/h2,11H,1H3. The van der Waals surface area contributed by atoms with E-state index in [1.165, 1.54) is 0 Å². The van der Waals surface area contributed by atoms with Gasteiger partial charge in [0, 0.05) is 5.38 Å². The smallest absolute Gasteiger partial charge is 0.420 e. The van der Waals surface area contributed by atoms with Crippen molar-refractivity contribution in [2.75, 3.05) is 7.11 Å². The highest BCUT2D eigenvalue weighted by atomic mass is 32.1. The topological polar surface area (TPSA) is 46.5 Å². The van der Waals surface area contributed by atoms with E-state index in [0.717, 1.165) is 7.11 Å². The van der Waals surface area contributed by atoms with Crippen molar-refractivity contribution in [1.29, 1.82) is 0 Å². The van der Waals surface area contributed by atoms with Crippen LogP contribution in [0.1, 0.15) is 15.2 Å². The van der Waals surface area contributed by atoms with Gasteiger partial charge in [-0.15, -0.1) is 11.3 Å². The summed E-state index contributed by atoms with van der Waals surface area (Å²) >= 11 is 0.491. The van der Waals surface area contributed by atoms with Crippen molar-refractivity contribution in [3.05, 3.63) is 15.8 Å². The molecule has 1 heterocycles. The molecule has 78 valence electrons. The van der Waals surface area contributed by atoms with Crippen LogP contribution in [-0.2, 0) is 10.9 Å². The van der Waals surface area contributed by atoms with Crippen LogP contribution in [0.3, 0.4) is 0 Å². The molecule has 3 nitrogen and oxygen atoms in total. The largest absolute Gasteiger partial charge is 0.506 e. The molecule has 0 unspecified atom stereocenters. The highest BCUT2D eigenvalue weighted by Gasteiger charge is 2.37. The van der Waals surface area contributed by atoms with E-state index in [0.29, 0.717) is 16.7 Å². The fourth-order valence-corrected chi connectivity index (χ4v) is 1.67. The third-order valence-electron chi connectivity index (χ3n) is 1.44. The molecular weight excluding hydrogens is 221 g/mol. The maximum absolute atomic E-state index is 12.1. The highest BCUT2D eigenvalue weighted by molar-refractivity contribution is 7.12. The zero-order valence-electron chi connectivity index (χ0n) is 6.88. The first-order valence-electron chi connectivity index (χ1n) is 3.34. The summed E-state index contributed by atoms with van der Waals surface area (Å²) in [7, 11) is 1.02. The fraction of sp³-hybridized carbons (Fsp3) is 0.286. The number of alkyl halides is 3. The van der Waals surface area contributed by atoms with Crippen LogP contribution in [0.25, 0.3) is 0 Å². The van der Waals surface area contributed by atoms with Crippen LogP contribution in [0.4, 0.5) is 13.2 Å². The summed E-state index contributed by atoms with van der Waals surface area (Å²) in [6, 6.07) is 0. The van der Waals surface area contributed by atoms with Gasteiger partial charge in [-0.1, -0.05) is 0 Å². The number of thiophene rings is 1. The van der Waals surface area contributed by atoms with Crippen LogP contribution in [0.5, 0.6) is 5.75 Å². The van der Waals surface area contributed by atoms with Crippen LogP contribution in [0.15, 0.2) is 5.38 Å². The zero-order valence-corrected chi connectivity index (χ0v) is 7.70. The summed E-state index contributed by atoms with van der Waals surface area (Å²) in [6.45, 7) is 0. The summed E-state index contributed by atoms with van der Waals surface area (Å²) in [5.74, 6) is -2.06. The summed E-state index contributed by atoms with van der Waals surface area (Å²) in [5.41, 5.74) is -1.22. The molecule has 0 aromatic carbocycles. The lowest BCUT2D eigenvalue weighted by molar-refractivity contribution is -0.138. The highest BCUT2D eigenvalue weighted by Crippen LogP contribution is 2.41. The first-order chi connectivity index (χ1) is 6.38. The second-order valence-electron chi connectivity index (χ2n) is 2.32. The Hall–Kier alpha value is -1.24. The Morgan fingerprint density at radius 3 is 2.50 bits per heavy atom. The Balaban J connectivity index is 3.15. The van der Waals surface area contributed by atoms with Crippen LogP contribution in [-0.4, -0.2) is 18.2 Å². The number of carbonyl (C=O) groups excluding carboxylic acids is 1. The van der Waals surface area contributed by atoms with Crippen LogP contribution in [0, 0.1) is 0 Å². The zero-order chi connectivity index (χ0) is 10.9. The van der Waals surface area contributed by atoms with Crippen molar-refractivity contribution < 1.29 is 27.8 Å². The average Bonchev–Trinajstić information content (AvgIpc) is 2.45. The van der Waals surface area contributed by atoms with Gasteiger partial charge in [0.25, 0.3) is 0 Å². The van der Waals surface area contributed by atoms with E-state index in [1.54, 1.807) is 0 Å². The van der Waals surface area contributed by atoms with Crippen LogP contribution < -0.4 is 0 Å². The molecule has 0 aliphatic carbocycles. The normalized spacial score (nSPS) is 11.4. The molecule has 0 spiro atoms. The molecule has 14 heavy (non-hydrogen) atoms. The SMILES string of the molecule is COC(=O)c1scc(C(F)(F)F)c1O. The van der Waals surface area contributed by atoms with Crippen molar-refractivity contribution in [3.8, 4) is 5.75 Å². The van der Waals surface area contributed by atoms with Gasteiger partial charge in [-0.3, -0.25) is 0 Å². The lowest BCUT2D eigenvalue weighted by atomic mass is 10.2. The lowest BCUT2D eigenvalue weighted by Gasteiger charge is -2.03. The third kappa shape index (κ3) is 1.82. The molecular formula is C7H5F3O3S. The predicted molar refractivity (Wildman–Crippen MR) is 42.3 cm³/mol. The Kier molecular flexibility index (Phi) is 2.70. The number of hydrogen-bond donors (Lipinski definition) is 1. The molecule has 0 amide bonds. The number of carbonyl (C=O) groups is 1. The summed E-state index contributed by atoms with van der Waals surface area (Å²) < 4.78 is 40.6. The third-order valence-corrected chi connectivity index (χ3v) is 2.39. The van der Waals surface area contributed by atoms with Crippen molar-refractivity contribution in [2.45, 2.75) is 6.18 Å². The molecule has 7 heteroatoms. The van der Waals surface area contributed by atoms with Gasteiger partial charge in [-0.05, 0) is 0 Å². The molecule has 1 N–H and O–H groups in total. The van der Waals surface area contributed by atoms with E-state index < -0.39 is 28.3 Å². The average molecular weight is 226 g/mol. The van der Waals surface area contributed by atoms with Gasteiger partial charge in [0.15, 0.2) is 10.6 Å². The van der Waals surface area contributed by atoms with Gasteiger partial charge in [0.1, 0.15) is 5.56 Å². The molecule has 0 saturated heterocycles. The molecule has 0 aliphatic rings. The van der Waals surface area contributed by atoms with Gasteiger partial charge in [0.05, 0.1) is 7.11 Å². The Morgan fingerprint density at radius 1 is 1.57 bits per heavy atom. The molecule has 0 atom stereocenters. The molecule has 0 radical (unpaired) electrons. The van der Waals surface area contributed by atoms with Crippen molar-refractivity contribution in [2.24, 2.45) is 0 Å². The van der Waals surface area contributed by atoms with E-state index in [9.17, 15) is 18.0 Å². The van der Waals surface area contributed by atoms with Gasteiger partial charge in [0.2, 0.25) is 0 Å². The summed E-state index contributed by atoms with van der Waals surface area (Å²) in [6.07, 6.45) is -4.66. The molecule has 1 aromatic rings. The maximum atomic E-state index is 12.1. The quantitative estimate of drug-likeness (QED) is 0.747. The first-order valence-corrected chi connectivity index (χ1v) is 4.22. The first kappa shape index (κ1) is 10.8. The molecule has 0 saturated carbocycles. The van der Waals surface area contributed by atoms with Gasteiger partial charge >= 0.3 is 12.1 Å². The monoisotopic (exact) mass is 226 g/mol. The number of halogens is 3. The molecule has 0 aliphatic heterocycles. The second kappa shape index (κ2) is 3.49. The minimum atomic E-state index is -4.66. The molecule has 1 rings (SSSR count). The molecule has 0 bridgehead atoms. The number of aromatic hydroxyl groups is 1. The number of methoxy groups -OCH3 is 1. The number of hydrogen-bond acceptors (Lipinski definition) is 4. The Labute approximate surface area is 80.7 Å². The second-order valence-corrected chi connectivity index (χ2v) is 3.20. The predicted octanol–water partition coefficient (Wildman–Crippen LogP) is 2.26. The molecule has 1 aromatic heterocycles. The van der Waals surface area contributed by atoms with E-state index >= 15 is 0 Å². The van der Waals surface area contributed by atoms with Gasteiger partial charge < -0.3 is 9.84 Å². The van der Waals surface area contributed by atoms with Crippen molar-refractivity contribution in [1.82, 2.24) is 0 Å². The number of ether oxygens (including phenoxy) is 1. The van der Waals surface area contributed by atoms with E-state index in [1.807, 2.05) is 0 Å². The van der Waals surface area contributed by atoms with Gasteiger partial charge in [-0.25, -0.2) is 4.79 Å². The van der Waals surface area contributed by atoms with Crippen LogP contribution in [0.2, 0.25) is 0 Å². The van der Waals surface area contributed by atoms with Crippen molar-refractivity contribution in [3.63, 3.8) is 0 Å². The van der Waals surface area contributed by atoms with E-state index in [4.69, 9.17) is 5.11 Å². The van der Waals surface area contributed by atoms with Gasteiger partial charge in [-0.2, -0.15) is 13.2 Å². The van der Waals surface area contributed by atoms with E-state index in [-0.39, 0.29) is 0 Å². The van der Waals surface area contributed by atoms with Crippen molar-refractivity contribution >= 4 is 17.3 Å².